The molecule has 1 heterocycles. The molecule has 116 valence electrons. The summed E-state index contributed by atoms with van der Waals surface area (Å²) in [7, 11) is 0. The lowest BCUT2D eigenvalue weighted by Crippen LogP contribution is -2.34. The summed E-state index contributed by atoms with van der Waals surface area (Å²) in [4.78, 5) is 26.4. The highest BCUT2D eigenvalue weighted by atomic mass is 16.2. The van der Waals surface area contributed by atoms with E-state index in [0.29, 0.717) is 0 Å². The van der Waals surface area contributed by atoms with Crippen molar-refractivity contribution >= 4 is 17.4 Å². The highest BCUT2D eigenvalue weighted by Gasteiger charge is 2.50. The second-order valence-electron chi connectivity index (χ2n) is 7.10. The summed E-state index contributed by atoms with van der Waals surface area (Å²) in [5.41, 5.74) is 0.914. The van der Waals surface area contributed by atoms with Crippen molar-refractivity contribution in [2.24, 2.45) is 5.41 Å². The maximum atomic E-state index is 12.6. The van der Waals surface area contributed by atoms with E-state index in [0.717, 1.165) is 5.69 Å². The summed E-state index contributed by atoms with van der Waals surface area (Å²) in [5, 5.41) is 8.72. The van der Waals surface area contributed by atoms with E-state index in [4.69, 9.17) is 5.26 Å². The van der Waals surface area contributed by atoms with Crippen molar-refractivity contribution in [1.82, 2.24) is 0 Å². The van der Waals surface area contributed by atoms with Gasteiger partial charge in [0.2, 0.25) is 5.91 Å². The number of anilines is 1. The maximum Gasteiger partial charge on any atom is 0.240 e. The number of Topliss-reactive ketones (excluding diaryl/α,β-unsaturated/α-hetero) is 1. The summed E-state index contributed by atoms with van der Waals surface area (Å²) in [5.74, 6) is -0.302. The van der Waals surface area contributed by atoms with Crippen LogP contribution in [0, 0.1) is 16.7 Å². The van der Waals surface area contributed by atoms with E-state index in [-0.39, 0.29) is 36.5 Å². The number of carbonyl (C=O) groups excluding carboxylic acids is 2. The van der Waals surface area contributed by atoms with Gasteiger partial charge in [0.1, 0.15) is 5.41 Å². The smallest absolute Gasteiger partial charge is 0.240 e. The Labute approximate surface area is 131 Å². The molecule has 0 aromatic heterocycles. The third-order valence-corrected chi connectivity index (χ3v) is 4.42. The van der Waals surface area contributed by atoms with Crippen LogP contribution in [0.3, 0.4) is 0 Å². The monoisotopic (exact) mass is 298 g/mol. The molecule has 1 aliphatic heterocycles. The normalized spacial score (nSPS) is 22.0. The molecule has 0 saturated carbocycles. The SMILES string of the molecule is CC1(CCC#N)C(=O)CN(c2ccc(C(C)(C)C)cc2)C1=O. The summed E-state index contributed by atoms with van der Waals surface area (Å²) in [6.45, 7) is 8.14. The van der Waals surface area contributed by atoms with Crippen LogP contribution in [0.1, 0.15) is 46.1 Å². The fourth-order valence-corrected chi connectivity index (χ4v) is 2.71. The van der Waals surface area contributed by atoms with Gasteiger partial charge in [-0.25, -0.2) is 0 Å². The van der Waals surface area contributed by atoms with Crippen molar-refractivity contribution in [3.8, 4) is 6.07 Å². The molecule has 1 fully saturated rings. The lowest BCUT2D eigenvalue weighted by Gasteiger charge is -2.23. The highest BCUT2D eigenvalue weighted by Crippen LogP contribution is 2.36. The van der Waals surface area contributed by atoms with Crippen molar-refractivity contribution in [2.45, 2.75) is 46.0 Å². The van der Waals surface area contributed by atoms with E-state index in [1.807, 2.05) is 30.3 Å². The molecule has 0 bridgehead atoms. The van der Waals surface area contributed by atoms with Crippen LogP contribution in [0.25, 0.3) is 0 Å². The van der Waals surface area contributed by atoms with Crippen LogP contribution in [-0.2, 0) is 15.0 Å². The van der Waals surface area contributed by atoms with Crippen molar-refractivity contribution in [3.63, 3.8) is 0 Å². The van der Waals surface area contributed by atoms with E-state index in [1.54, 1.807) is 6.92 Å². The van der Waals surface area contributed by atoms with Gasteiger partial charge < -0.3 is 4.90 Å². The Bertz CT molecular complexity index is 635. The van der Waals surface area contributed by atoms with E-state index in [9.17, 15) is 9.59 Å². The van der Waals surface area contributed by atoms with E-state index in [2.05, 4.69) is 20.8 Å². The molecule has 0 aliphatic carbocycles. The minimum Gasteiger partial charge on any atom is -0.304 e. The first kappa shape index (κ1) is 16.2. The van der Waals surface area contributed by atoms with Gasteiger partial charge in [0.25, 0.3) is 0 Å². The predicted octanol–water partition coefficient (Wildman–Crippen LogP) is 3.21. The second kappa shape index (κ2) is 5.57. The summed E-state index contributed by atoms with van der Waals surface area (Å²) in [6, 6.07) is 9.79. The number of hydrogen-bond donors (Lipinski definition) is 0. The Morgan fingerprint density at radius 2 is 1.82 bits per heavy atom. The first-order valence-electron chi connectivity index (χ1n) is 7.53. The van der Waals surface area contributed by atoms with Crippen LogP contribution in [-0.4, -0.2) is 18.2 Å². The van der Waals surface area contributed by atoms with Gasteiger partial charge in [-0.05, 0) is 36.5 Å². The van der Waals surface area contributed by atoms with E-state index in [1.165, 1.54) is 10.5 Å². The number of rotatable bonds is 3. The van der Waals surface area contributed by atoms with Gasteiger partial charge in [0.05, 0.1) is 12.6 Å². The molecular weight excluding hydrogens is 276 g/mol. The lowest BCUT2D eigenvalue weighted by atomic mass is 9.83. The average Bonchev–Trinajstić information content (AvgIpc) is 2.69. The van der Waals surface area contributed by atoms with Crippen LogP contribution in [0.15, 0.2) is 24.3 Å². The Hall–Kier alpha value is -2.15. The Kier molecular flexibility index (Phi) is 4.10. The molecule has 1 aromatic carbocycles. The largest absolute Gasteiger partial charge is 0.304 e. The zero-order chi connectivity index (χ0) is 16.5. The van der Waals surface area contributed by atoms with Gasteiger partial charge in [0, 0.05) is 12.1 Å². The van der Waals surface area contributed by atoms with Gasteiger partial charge in [-0.1, -0.05) is 32.9 Å². The second-order valence-corrected chi connectivity index (χ2v) is 7.10. The van der Waals surface area contributed by atoms with Gasteiger partial charge >= 0.3 is 0 Å². The molecule has 1 aliphatic rings. The zero-order valence-corrected chi connectivity index (χ0v) is 13.6. The van der Waals surface area contributed by atoms with Crippen molar-refractivity contribution < 1.29 is 9.59 Å². The fraction of sp³-hybridized carbons (Fsp3) is 0.500. The molecular formula is C18H22N2O2. The summed E-state index contributed by atoms with van der Waals surface area (Å²) in [6.07, 6.45) is 0.503. The molecule has 1 unspecified atom stereocenters. The van der Waals surface area contributed by atoms with E-state index >= 15 is 0 Å². The number of hydrogen-bond acceptors (Lipinski definition) is 3. The van der Waals surface area contributed by atoms with E-state index < -0.39 is 5.41 Å². The maximum absolute atomic E-state index is 12.6. The van der Waals surface area contributed by atoms with Crippen molar-refractivity contribution in [1.29, 1.82) is 5.26 Å². The Morgan fingerprint density at radius 3 is 2.32 bits per heavy atom. The first-order chi connectivity index (χ1) is 10.2. The number of amides is 1. The van der Waals surface area contributed by atoms with Crippen LogP contribution in [0.5, 0.6) is 0 Å². The van der Waals surface area contributed by atoms with Gasteiger partial charge in [-0.2, -0.15) is 5.26 Å². The lowest BCUT2D eigenvalue weighted by molar-refractivity contribution is -0.133. The van der Waals surface area contributed by atoms with Crippen LogP contribution in [0.2, 0.25) is 0 Å². The third-order valence-electron chi connectivity index (χ3n) is 4.42. The van der Waals surface area contributed by atoms with Crippen molar-refractivity contribution in [3.05, 3.63) is 29.8 Å². The van der Waals surface area contributed by atoms with Crippen molar-refractivity contribution in [2.75, 3.05) is 11.4 Å². The standard InChI is InChI=1S/C18H22N2O2/c1-17(2,3)13-6-8-14(9-7-13)20-12-15(21)18(4,16(20)22)10-5-11-19/h6-9H,5,10,12H2,1-4H3. The molecule has 0 radical (unpaired) electrons. The van der Waals surface area contributed by atoms with Gasteiger partial charge in [0.15, 0.2) is 5.78 Å². The van der Waals surface area contributed by atoms with Gasteiger partial charge in [-0.15, -0.1) is 0 Å². The topological polar surface area (TPSA) is 61.2 Å². The highest BCUT2D eigenvalue weighted by molar-refractivity contribution is 6.20. The summed E-state index contributed by atoms with van der Waals surface area (Å²) >= 11 is 0. The third kappa shape index (κ3) is 2.76. The average molecular weight is 298 g/mol. The molecule has 2 rings (SSSR count). The Morgan fingerprint density at radius 1 is 1.23 bits per heavy atom. The number of ketones is 1. The van der Waals surface area contributed by atoms with Crippen LogP contribution in [0.4, 0.5) is 5.69 Å². The molecule has 1 atom stereocenters. The molecule has 0 N–H and O–H groups in total. The minimum atomic E-state index is -1.06. The minimum absolute atomic E-state index is 0.0463. The molecule has 1 amide bonds. The van der Waals surface area contributed by atoms with Gasteiger partial charge in [-0.3, -0.25) is 9.59 Å². The Balaban J connectivity index is 2.26. The number of nitriles is 1. The molecule has 1 aromatic rings. The van der Waals surface area contributed by atoms with Crippen LogP contribution < -0.4 is 4.90 Å². The first-order valence-corrected chi connectivity index (χ1v) is 7.53. The predicted molar refractivity (Wildman–Crippen MR) is 85.5 cm³/mol. The quantitative estimate of drug-likeness (QED) is 0.805. The zero-order valence-electron chi connectivity index (χ0n) is 13.6. The molecule has 22 heavy (non-hydrogen) atoms. The number of nitrogens with zero attached hydrogens (tertiary/aromatic N) is 2. The molecule has 1 saturated heterocycles. The fourth-order valence-electron chi connectivity index (χ4n) is 2.71. The molecule has 4 heteroatoms. The number of carbonyl (C=O) groups is 2. The van der Waals surface area contributed by atoms with Crippen LogP contribution >= 0.6 is 0 Å². The summed E-state index contributed by atoms with van der Waals surface area (Å²) < 4.78 is 0. The number of benzene rings is 1. The molecule has 4 nitrogen and oxygen atoms in total. The molecule has 0 spiro atoms.